The van der Waals surface area contributed by atoms with E-state index >= 15 is 0 Å². The largest absolute Gasteiger partial charge is 0.398 e. The molecule has 0 saturated carbocycles. The number of nitrogens with zero attached hydrogens (tertiary/aromatic N) is 1. The van der Waals surface area contributed by atoms with E-state index < -0.39 is 0 Å². The molecule has 1 amide bonds. The van der Waals surface area contributed by atoms with E-state index in [0.717, 1.165) is 23.6 Å². The maximum absolute atomic E-state index is 12.0. The van der Waals surface area contributed by atoms with E-state index in [4.69, 9.17) is 10.5 Å². The molecule has 2 N–H and O–H groups in total. The van der Waals surface area contributed by atoms with E-state index in [1.54, 1.807) is 42.9 Å². The lowest BCUT2D eigenvalue weighted by atomic mass is 10.2. The van der Waals surface area contributed by atoms with Crippen molar-refractivity contribution >= 4 is 23.4 Å². The molecule has 4 nitrogen and oxygen atoms in total. The zero-order valence-corrected chi connectivity index (χ0v) is 12.4. The van der Waals surface area contributed by atoms with Crippen LogP contribution in [0.5, 0.6) is 0 Å². The molecular formula is C14H20N2O2S. The predicted molar refractivity (Wildman–Crippen MR) is 78.5 cm³/mol. The second-order valence-electron chi connectivity index (χ2n) is 4.97. The number of benzene rings is 1. The summed E-state index contributed by atoms with van der Waals surface area (Å²) in [6, 6.07) is 5.46. The maximum atomic E-state index is 12.0. The number of thioether (sulfide) groups is 1. The molecule has 1 heterocycles. The molecule has 5 heteroatoms. The van der Waals surface area contributed by atoms with Crippen LogP contribution in [-0.2, 0) is 4.74 Å². The van der Waals surface area contributed by atoms with Crippen molar-refractivity contribution < 1.29 is 9.53 Å². The van der Waals surface area contributed by atoms with Crippen molar-refractivity contribution in [2.24, 2.45) is 0 Å². The summed E-state index contributed by atoms with van der Waals surface area (Å²) < 4.78 is 5.56. The molecule has 19 heavy (non-hydrogen) atoms. The SMILES string of the molecule is CC1OCCC1Sc1cc(C(=O)N(C)C)ccc1N. The molecule has 0 radical (unpaired) electrons. The van der Waals surface area contributed by atoms with Crippen molar-refractivity contribution in [2.45, 2.75) is 29.6 Å². The molecule has 2 rings (SSSR count). The zero-order chi connectivity index (χ0) is 14.0. The minimum absolute atomic E-state index is 0.00225. The Bertz CT molecular complexity index is 477. The fraction of sp³-hybridized carbons (Fsp3) is 0.500. The quantitative estimate of drug-likeness (QED) is 0.863. The van der Waals surface area contributed by atoms with E-state index in [1.165, 1.54) is 0 Å². The third-order valence-electron chi connectivity index (χ3n) is 3.25. The Morgan fingerprint density at radius 1 is 1.47 bits per heavy atom. The average molecular weight is 280 g/mol. The normalized spacial score (nSPS) is 22.5. The van der Waals surface area contributed by atoms with Gasteiger partial charge in [0.15, 0.2) is 0 Å². The third-order valence-corrected chi connectivity index (χ3v) is 4.78. The van der Waals surface area contributed by atoms with Gasteiger partial charge in [0.1, 0.15) is 0 Å². The van der Waals surface area contributed by atoms with Gasteiger partial charge in [0.25, 0.3) is 5.91 Å². The lowest BCUT2D eigenvalue weighted by Crippen LogP contribution is -2.21. The van der Waals surface area contributed by atoms with E-state index in [1.807, 2.05) is 6.07 Å². The highest BCUT2D eigenvalue weighted by Crippen LogP contribution is 2.36. The first-order valence-corrected chi connectivity index (χ1v) is 7.26. The number of ether oxygens (including phenoxy) is 1. The van der Waals surface area contributed by atoms with Crippen molar-refractivity contribution in [1.29, 1.82) is 0 Å². The van der Waals surface area contributed by atoms with Gasteiger partial charge in [0.05, 0.1) is 6.10 Å². The number of hydrogen-bond donors (Lipinski definition) is 1. The molecule has 2 unspecified atom stereocenters. The van der Waals surface area contributed by atoms with Crippen LogP contribution in [-0.4, -0.2) is 42.9 Å². The summed E-state index contributed by atoms with van der Waals surface area (Å²) >= 11 is 1.71. The van der Waals surface area contributed by atoms with E-state index in [-0.39, 0.29) is 12.0 Å². The molecule has 2 atom stereocenters. The lowest BCUT2D eigenvalue weighted by molar-refractivity contribution is 0.0827. The topological polar surface area (TPSA) is 55.6 Å². The molecule has 0 aromatic heterocycles. The lowest BCUT2D eigenvalue weighted by Gasteiger charge is -2.16. The molecule has 1 fully saturated rings. The molecule has 1 aliphatic heterocycles. The Morgan fingerprint density at radius 2 is 2.21 bits per heavy atom. The number of nitrogen functional groups attached to an aromatic ring is 1. The molecule has 1 aromatic rings. The first-order valence-electron chi connectivity index (χ1n) is 6.38. The highest BCUT2D eigenvalue weighted by molar-refractivity contribution is 8.00. The summed E-state index contributed by atoms with van der Waals surface area (Å²) in [6.07, 6.45) is 1.26. The summed E-state index contributed by atoms with van der Waals surface area (Å²) in [5, 5.41) is 0.409. The smallest absolute Gasteiger partial charge is 0.253 e. The molecule has 1 aliphatic rings. The van der Waals surface area contributed by atoms with Gasteiger partial charge in [0.2, 0.25) is 0 Å². The second kappa shape index (κ2) is 5.84. The van der Waals surface area contributed by atoms with Gasteiger partial charge in [0, 0.05) is 42.1 Å². The molecule has 0 aliphatic carbocycles. The Balaban J connectivity index is 2.19. The molecule has 0 bridgehead atoms. The summed E-state index contributed by atoms with van der Waals surface area (Å²) in [5.74, 6) is -0.00225. The number of carbonyl (C=O) groups excluding carboxylic acids is 1. The van der Waals surface area contributed by atoms with Crippen LogP contribution in [0.15, 0.2) is 23.1 Å². The fourth-order valence-corrected chi connectivity index (χ4v) is 3.27. The molecule has 0 spiro atoms. The van der Waals surface area contributed by atoms with Crippen molar-refractivity contribution in [1.82, 2.24) is 4.90 Å². The Labute approximate surface area is 118 Å². The average Bonchev–Trinajstić information content (AvgIpc) is 2.77. The van der Waals surface area contributed by atoms with Crippen LogP contribution in [0, 0.1) is 0 Å². The summed E-state index contributed by atoms with van der Waals surface area (Å²) in [5.41, 5.74) is 7.40. The molecule has 104 valence electrons. The van der Waals surface area contributed by atoms with Crippen LogP contribution in [0.4, 0.5) is 5.69 Å². The minimum Gasteiger partial charge on any atom is -0.398 e. The predicted octanol–water partition coefficient (Wildman–Crippen LogP) is 2.24. The number of anilines is 1. The number of amides is 1. The van der Waals surface area contributed by atoms with Crippen molar-refractivity contribution in [2.75, 3.05) is 26.4 Å². The Kier molecular flexibility index (Phi) is 4.37. The zero-order valence-electron chi connectivity index (χ0n) is 11.6. The third kappa shape index (κ3) is 3.22. The second-order valence-corrected chi connectivity index (χ2v) is 6.25. The monoisotopic (exact) mass is 280 g/mol. The number of rotatable bonds is 3. The van der Waals surface area contributed by atoms with E-state index in [2.05, 4.69) is 6.92 Å². The van der Waals surface area contributed by atoms with Crippen molar-refractivity contribution in [3.05, 3.63) is 23.8 Å². The van der Waals surface area contributed by atoms with Gasteiger partial charge in [-0.1, -0.05) is 0 Å². The number of hydrogen-bond acceptors (Lipinski definition) is 4. The van der Waals surface area contributed by atoms with Crippen LogP contribution >= 0.6 is 11.8 Å². The van der Waals surface area contributed by atoms with Crippen LogP contribution in [0.1, 0.15) is 23.7 Å². The Morgan fingerprint density at radius 3 is 2.79 bits per heavy atom. The van der Waals surface area contributed by atoms with E-state index in [0.29, 0.717) is 10.8 Å². The number of nitrogens with two attached hydrogens (primary N) is 1. The van der Waals surface area contributed by atoms with Gasteiger partial charge >= 0.3 is 0 Å². The van der Waals surface area contributed by atoms with Gasteiger partial charge in [-0.3, -0.25) is 4.79 Å². The summed E-state index contributed by atoms with van der Waals surface area (Å²) in [4.78, 5) is 14.5. The van der Waals surface area contributed by atoms with Crippen LogP contribution < -0.4 is 5.73 Å². The van der Waals surface area contributed by atoms with Crippen molar-refractivity contribution in [3.8, 4) is 0 Å². The first-order chi connectivity index (χ1) is 8.99. The maximum Gasteiger partial charge on any atom is 0.253 e. The van der Waals surface area contributed by atoms with Gasteiger partial charge in [-0.05, 0) is 31.5 Å². The minimum atomic E-state index is -0.00225. The summed E-state index contributed by atoms with van der Waals surface area (Å²) in [6.45, 7) is 2.88. The highest BCUT2D eigenvalue weighted by atomic mass is 32.2. The van der Waals surface area contributed by atoms with Gasteiger partial charge in [-0.25, -0.2) is 0 Å². The van der Waals surface area contributed by atoms with Crippen LogP contribution in [0.3, 0.4) is 0 Å². The van der Waals surface area contributed by atoms with Gasteiger partial charge in [-0.2, -0.15) is 0 Å². The highest BCUT2D eigenvalue weighted by Gasteiger charge is 2.26. The molecule has 1 saturated heterocycles. The van der Waals surface area contributed by atoms with Gasteiger partial charge < -0.3 is 15.4 Å². The van der Waals surface area contributed by atoms with Crippen LogP contribution in [0.2, 0.25) is 0 Å². The summed E-state index contributed by atoms with van der Waals surface area (Å²) in [7, 11) is 3.50. The molecule has 1 aromatic carbocycles. The molecular weight excluding hydrogens is 260 g/mol. The first kappa shape index (κ1) is 14.2. The van der Waals surface area contributed by atoms with Crippen molar-refractivity contribution in [3.63, 3.8) is 0 Å². The van der Waals surface area contributed by atoms with Crippen LogP contribution in [0.25, 0.3) is 0 Å². The number of carbonyl (C=O) groups is 1. The van der Waals surface area contributed by atoms with E-state index in [9.17, 15) is 4.79 Å². The van der Waals surface area contributed by atoms with Gasteiger partial charge in [-0.15, -0.1) is 11.8 Å². The standard InChI is InChI=1S/C14H20N2O2S/c1-9-12(6-7-18-9)19-13-8-10(4-5-11(13)15)14(17)16(2)3/h4-5,8-9,12H,6-7,15H2,1-3H3. The fourth-order valence-electron chi connectivity index (χ4n) is 2.06. The Hall–Kier alpha value is -1.20.